The normalized spacial score (nSPS) is 12.2. The van der Waals surface area contributed by atoms with Gasteiger partial charge in [-0.15, -0.1) is 0 Å². The summed E-state index contributed by atoms with van der Waals surface area (Å²) in [5.74, 6) is -0.727. The van der Waals surface area contributed by atoms with Crippen LogP contribution in [0.1, 0.15) is 56.0 Å². The summed E-state index contributed by atoms with van der Waals surface area (Å²) in [7, 11) is 0. The van der Waals surface area contributed by atoms with Gasteiger partial charge in [0.05, 0.1) is 5.56 Å². The highest BCUT2D eigenvalue weighted by atomic mass is 19.1. The maximum atomic E-state index is 14.2. The number of rotatable bonds is 6. The van der Waals surface area contributed by atoms with E-state index in [-0.39, 0.29) is 17.5 Å². The molecule has 1 unspecified atom stereocenters. The smallest absolute Gasteiger partial charge is 0.257 e. The highest BCUT2D eigenvalue weighted by Gasteiger charge is 2.23. The summed E-state index contributed by atoms with van der Waals surface area (Å²) in [5, 5.41) is 0. The van der Waals surface area contributed by atoms with Crippen molar-refractivity contribution in [1.82, 2.24) is 4.90 Å². The quantitative estimate of drug-likeness (QED) is 0.806. The summed E-state index contributed by atoms with van der Waals surface area (Å²) < 4.78 is 14.2. The first-order valence-electron chi connectivity index (χ1n) is 7.28. The van der Waals surface area contributed by atoms with Crippen LogP contribution < -0.4 is 5.73 Å². The molecule has 0 aliphatic carbocycles. The number of anilines is 1. The van der Waals surface area contributed by atoms with Gasteiger partial charge in [0.2, 0.25) is 0 Å². The number of amides is 1. The van der Waals surface area contributed by atoms with Crippen LogP contribution in [0.2, 0.25) is 0 Å². The lowest BCUT2D eigenvalue weighted by atomic mass is 10.1. The Balaban J connectivity index is 3.11. The second kappa shape index (κ2) is 7.27. The topological polar surface area (TPSA) is 46.3 Å². The van der Waals surface area contributed by atoms with E-state index < -0.39 is 5.82 Å². The van der Waals surface area contributed by atoms with Crippen LogP contribution in [0.5, 0.6) is 0 Å². The fraction of sp³-hybridized carbons (Fsp3) is 0.562. The molecule has 1 aromatic rings. The standard InChI is InChI=1S/C16H25FN2O/c1-5-7-8-19(12(4)6-2)16(20)14-10-13(18)9-11(3)15(14)17/h9-10,12H,5-8,18H2,1-4H3. The summed E-state index contributed by atoms with van der Waals surface area (Å²) in [6.07, 6.45) is 2.76. The lowest BCUT2D eigenvalue weighted by molar-refractivity contribution is 0.0680. The average molecular weight is 280 g/mol. The molecule has 0 aromatic heterocycles. The van der Waals surface area contributed by atoms with Gasteiger partial charge in [-0.1, -0.05) is 20.3 Å². The van der Waals surface area contributed by atoms with E-state index in [1.807, 2.05) is 13.8 Å². The van der Waals surface area contributed by atoms with Gasteiger partial charge in [-0.3, -0.25) is 4.79 Å². The van der Waals surface area contributed by atoms with Crippen molar-refractivity contribution in [3.63, 3.8) is 0 Å². The third kappa shape index (κ3) is 3.71. The Hall–Kier alpha value is -1.58. The second-order valence-electron chi connectivity index (χ2n) is 5.31. The van der Waals surface area contributed by atoms with E-state index in [2.05, 4.69) is 6.92 Å². The summed E-state index contributed by atoms with van der Waals surface area (Å²) in [6.45, 7) is 8.37. The van der Waals surface area contributed by atoms with Gasteiger partial charge in [0.1, 0.15) is 5.82 Å². The zero-order valence-electron chi connectivity index (χ0n) is 12.9. The zero-order chi connectivity index (χ0) is 15.3. The molecule has 1 rings (SSSR count). The largest absolute Gasteiger partial charge is 0.399 e. The van der Waals surface area contributed by atoms with E-state index in [9.17, 15) is 9.18 Å². The third-order valence-electron chi connectivity index (χ3n) is 3.64. The molecule has 4 heteroatoms. The Morgan fingerprint density at radius 1 is 1.40 bits per heavy atom. The maximum Gasteiger partial charge on any atom is 0.257 e. The molecule has 0 saturated heterocycles. The minimum Gasteiger partial charge on any atom is -0.399 e. The predicted molar refractivity (Wildman–Crippen MR) is 81.2 cm³/mol. The predicted octanol–water partition coefficient (Wildman–Crippen LogP) is 3.76. The molecule has 0 aliphatic heterocycles. The van der Waals surface area contributed by atoms with Crippen molar-refractivity contribution in [1.29, 1.82) is 0 Å². The highest BCUT2D eigenvalue weighted by Crippen LogP contribution is 2.20. The van der Waals surface area contributed by atoms with E-state index in [1.54, 1.807) is 17.9 Å². The number of carbonyl (C=O) groups excluding carboxylic acids is 1. The molecule has 0 aliphatic rings. The van der Waals surface area contributed by atoms with Crippen molar-refractivity contribution in [3.05, 3.63) is 29.1 Å². The molecule has 3 nitrogen and oxygen atoms in total. The SMILES string of the molecule is CCCCN(C(=O)c1cc(N)cc(C)c1F)C(C)CC. The first-order chi connectivity index (χ1) is 9.42. The summed E-state index contributed by atoms with van der Waals surface area (Å²) >= 11 is 0. The van der Waals surface area contributed by atoms with Crippen molar-refractivity contribution >= 4 is 11.6 Å². The number of benzene rings is 1. The number of hydrogen-bond donors (Lipinski definition) is 1. The van der Waals surface area contributed by atoms with Crippen LogP contribution in [0.3, 0.4) is 0 Å². The minimum absolute atomic E-state index is 0.0823. The molecule has 20 heavy (non-hydrogen) atoms. The first kappa shape index (κ1) is 16.5. The van der Waals surface area contributed by atoms with Crippen LogP contribution in [0.4, 0.5) is 10.1 Å². The Morgan fingerprint density at radius 3 is 2.60 bits per heavy atom. The summed E-state index contributed by atoms with van der Waals surface area (Å²) in [6, 6.07) is 3.08. The maximum absolute atomic E-state index is 14.2. The van der Waals surface area contributed by atoms with E-state index in [4.69, 9.17) is 5.73 Å². The molecule has 0 bridgehead atoms. The molecular formula is C16H25FN2O. The van der Waals surface area contributed by atoms with E-state index in [0.717, 1.165) is 19.3 Å². The van der Waals surface area contributed by atoms with Gasteiger partial charge < -0.3 is 10.6 Å². The second-order valence-corrected chi connectivity index (χ2v) is 5.31. The van der Waals surface area contributed by atoms with Crippen molar-refractivity contribution in [2.75, 3.05) is 12.3 Å². The van der Waals surface area contributed by atoms with Gasteiger partial charge in [-0.05, 0) is 44.4 Å². The van der Waals surface area contributed by atoms with Crippen LogP contribution in [0, 0.1) is 12.7 Å². The number of aryl methyl sites for hydroxylation is 1. The molecule has 0 fully saturated rings. The number of halogens is 1. The lowest BCUT2D eigenvalue weighted by Crippen LogP contribution is -2.39. The Kier molecular flexibility index (Phi) is 5.99. The van der Waals surface area contributed by atoms with Gasteiger partial charge in [-0.25, -0.2) is 4.39 Å². The average Bonchev–Trinajstić information content (AvgIpc) is 2.42. The van der Waals surface area contributed by atoms with Gasteiger partial charge >= 0.3 is 0 Å². The molecule has 1 amide bonds. The van der Waals surface area contributed by atoms with Gasteiger partial charge in [0.25, 0.3) is 5.91 Å². The fourth-order valence-electron chi connectivity index (χ4n) is 2.18. The number of unbranched alkanes of at least 4 members (excludes halogenated alkanes) is 1. The fourth-order valence-corrected chi connectivity index (χ4v) is 2.18. The summed E-state index contributed by atoms with van der Waals surface area (Å²) in [5.41, 5.74) is 6.65. The Bertz CT molecular complexity index is 474. The first-order valence-corrected chi connectivity index (χ1v) is 7.28. The Morgan fingerprint density at radius 2 is 2.05 bits per heavy atom. The highest BCUT2D eigenvalue weighted by molar-refractivity contribution is 5.95. The van der Waals surface area contributed by atoms with Crippen LogP contribution in [0.15, 0.2) is 12.1 Å². The molecule has 0 radical (unpaired) electrons. The van der Waals surface area contributed by atoms with Crippen molar-refractivity contribution < 1.29 is 9.18 Å². The molecule has 0 saturated carbocycles. The molecule has 2 N–H and O–H groups in total. The number of nitrogens with zero attached hydrogens (tertiary/aromatic N) is 1. The third-order valence-corrected chi connectivity index (χ3v) is 3.64. The van der Waals surface area contributed by atoms with Crippen LogP contribution >= 0.6 is 0 Å². The number of nitrogens with two attached hydrogens (primary N) is 1. The minimum atomic E-state index is -0.464. The van der Waals surface area contributed by atoms with Crippen LogP contribution in [0.25, 0.3) is 0 Å². The number of nitrogen functional groups attached to an aromatic ring is 1. The summed E-state index contributed by atoms with van der Waals surface area (Å²) in [4.78, 5) is 14.4. The van der Waals surface area contributed by atoms with Crippen molar-refractivity contribution in [2.24, 2.45) is 0 Å². The van der Waals surface area contributed by atoms with Crippen LogP contribution in [-0.2, 0) is 0 Å². The van der Waals surface area contributed by atoms with Crippen molar-refractivity contribution in [3.8, 4) is 0 Å². The van der Waals surface area contributed by atoms with E-state index in [1.165, 1.54) is 6.07 Å². The zero-order valence-corrected chi connectivity index (χ0v) is 12.9. The van der Waals surface area contributed by atoms with Crippen molar-refractivity contribution in [2.45, 2.75) is 53.0 Å². The molecule has 112 valence electrons. The van der Waals surface area contributed by atoms with Gasteiger partial charge in [0, 0.05) is 18.3 Å². The number of carbonyl (C=O) groups is 1. The van der Waals surface area contributed by atoms with Gasteiger partial charge in [0.15, 0.2) is 0 Å². The Labute approximate surface area is 121 Å². The molecule has 0 spiro atoms. The van der Waals surface area contributed by atoms with E-state index >= 15 is 0 Å². The lowest BCUT2D eigenvalue weighted by Gasteiger charge is -2.29. The van der Waals surface area contributed by atoms with Gasteiger partial charge in [-0.2, -0.15) is 0 Å². The molecule has 0 heterocycles. The monoisotopic (exact) mass is 280 g/mol. The molecule has 1 aromatic carbocycles. The molecular weight excluding hydrogens is 255 g/mol. The number of hydrogen-bond acceptors (Lipinski definition) is 2. The van der Waals surface area contributed by atoms with Crippen LogP contribution in [-0.4, -0.2) is 23.4 Å². The van der Waals surface area contributed by atoms with E-state index in [0.29, 0.717) is 17.8 Å². The molecule has 1 atom stereocenters.